The van der Waals surface area contributed by atoms with Gasteiger partial charge >= 0.3 is 0 Å². The van der Waals surface area contributed by atoms with Crippen LogP contribution in [0.3, 0.4) is 0 Å². The Balaban J connectivity index is 1.14. The van der Waals surface area contributed by atoms with Crippen LogP contribution in [0, 0.1) is 0 Å². The molecular weight excluding hydrogens is 510 g/mol. The molecule has 6 rings (SSSR count). The van der Waals surface area contributed by atoms with Crippen LogP contribution in [0.2, 0.25) is 0 Å². The first-order valence-electron chi connectivity index (χ1n) is 16.8. The van der Waals surface area contributed by atoms with E-state index in [9.17, 15) is 0 Å². The second kappa shape index (κ2) is 14.3. The van der Waals surface area contributed by atoms with Gasteiger partial charge in [-0.1, -0.05) is 117 Å². The van der Waals surface area contributed by atoms with Crippen molar-refractivity contribution in [3.05, 3.63) is 48.5 Å². The molecule has 0 atom stereocenters. The molecule has 39 heavy (non-hydrogen) atoms. The summed E-state index contributed by atoms with van der Waals surface area (Å²) < 4.78 is 6.44. The molecular formula is C36H52OP2. The number of hydrogen-bond acceptors (Lipinski definition) is 1. The van der Waals surface area contributed by atoms with E-state index < -0.39 is 0 Å². The van der Waals surface area contributed by atoms with Gasteiger partial charge in [0.05, 0.1) is 0 Å². The van der Waals surface area contributed by atoms with E-state index in [-0.39, 0.29) is 15.8 Å². The molecule has 1 nitrogen and oxygen atoms in total. The monoisotopic (exact) mass is 562 g/mol. The van der Waals surface area contributed by atoms with Crippen molar-refractivity contribution in [2.45, 2.75) is 151 Å². The van der Waals surface area contributed by atoms with Gasteiger partial charge in [-0.2, -0.15) is 0 Å². The molecule has 0 bridgehead atoms. The summed E-state index contributed by atoms with van der Waals surface area (Å²) in [6, 6.07) is 18.9. The van der Waals surface area contributed by atoms with Crippen molar-refractivity contribution >= 4 is 26.5 Å². The van der Waals surface area contributed by atoms with Crippen LogP contribution in [0.15, 0.2) is 48.5 Å². The topological polar surface area (TPSA) is 9.23 Å². The number of ether oxygens (including phenoxy) is 1. The predicted octanol–water partition coefficient (Wildman–Crippen LogP) is 11.0. The summed E-state index contributed by atoms with van der Waals surface area (Å²) >= 11 is 0. The standard InChI is InChI=1S/C36H52OP2/c1-5-13-31(14-6-1)38(32-15-7-2-8-16-32)35-25-21-29(22-26-35)37-30-23-27-36(28-24-30)39(33-17-9-3-10-18-33)34-19-11-4-12-20-34/h21-28,31-34H,1-20H2. The van der Waals surface area contributed by atoms with Crippen molar-refractivity contribution < 1.29 is 4.74 Å². The van der Waals surface area contributed by atoms with E-state index in [2.05, 4.69) is 48.5 Å². The van der Waals surface area contributed by atoms with E-state index in [1.807, 2.05) is 0 Å². The predicted molar refractivity (Wildman–Crippen MR) is 174 cm³/mol. The lowest BCUT2D eigenvalue weighted by atomic mass is 9.99. The van der Waals surface area contributed by atoms with Gasteiger partial charge in [0.15, 0.2) is 0 Å². The zero-order valence-corrected chi connectivity index (χ0v) is 26.2. The average Bonchev–Trinajstić information content (AvgIpc) is 3.01. The number of benzene rings is 2. The highest BCUT2D eigenvalue weighted by Gasteiger charge is 2.33. The zero-order chi connectivity index (χ0) is 26.3. The molecule has 0 spiro atoms. The van der Waals surface area contributed by atoms with Gasteiger partial charge in [-0.05, 0) is 109 Å². The molecule has 3 heteroatoms. The summed E-state index contributed by atoms with van der Waals surface area (Å²) in [5.41, 5.74) is 3.83. The minimum Gasteiger partial charge on any atom is -0.457 e. The molecule has 0 N–H and O–H groups in total. The molecule has 0 heterocycles. The smallest absolute Gasteiger partial charge is 0.127 e. The molecule has 0 aromatic heterocycles. The molecule has 0 saturated heterocycles. The molecule has 2 aromatic rings. The third kappa shape index (κ3) is 7.31. The summed E-state index contributed by atoms with van der Waals surface area (Å²) in [5.74, 6) is 2.02. The highest BCUT2D eigenvalue weighted by Crippen LogP contribution is 2.56. The van der Waals surface area contributed by atoms with Crippen LogP contribution in [0.5, 0.6) is 11.5 Å². The molecule has 4 aliphatic rings. The van der Waals surface area contributed by atoms with Gasteiger partial charge in [-0.25, -0.2) is 0 Å². The molecule has 0 unspecified atom stereocenters. The Morgan fingerprint density at radius 3 is 0.872 bits per heavy atom. The second-order valence-corrected chi connectivity index (χ2v) is 18.7. The maximum atomic E-state index is 6.44. The fourth-order valence-corrected chi connectivity index (χ4v) is 15.9. The summed E-state index contributed by atoms with van der Waals surface area (Å²) in [6.45, 7) is 0. The Morgan fingerprint density at radius 1 is 0.359 bits per heavy atom. The van der Waals surface area contributed by atoms with E-state index in [1.165, 1.54) is 128 Å². The average molecular weight is 563 g/mol. The highest BCUT2D eigenvalue weighted by molar-refractivity contribution is 7.67. The summed E-state index contributed by atoms with van der Waals surface area (Å²) in [5, 5.41) is 3.30. The van der Waals surface area contributed by atoms with E-state index in [4.69, 9.17) is 4.74 Å². The Kier molecular flexibility index (Phi) is 10.4. The van der Waals surface area contributed by atoms with Gasteiger partial charge in [0.2, 0.25) is 0 Å². The van der Waals surface area contributed by atoms with Gasteiger partial charge < -0.3 is 4.74 Å². The fourth-order valence-electron chi connectivity index (χ4n) is 8.39. The van der Waals surface area contributed by atoms with Crippen molar-refractivity contribution in [3.8, 4) is 11.5 Å². The van der Waals surface area contributed by atoms with Crippen molar-refractivity contribution in [3.63, 3.8) is 0 Å². The lowest BCUT2D eigenvalue weighted by Gasteiger charge is -2.39. The zero-order valence-electron chi connectivity index (χ0n) is 24.4. The van der Waals surface area contributed by atoms with E-state index in [0.29, 0.717) is 0 Å². The van der Waals surface area contributed by atoms with Crippen molar-refractivity contribution in [1.82, 2.24) is 0 Å². The maximum absolute atomic E-state index is 6.44. The Bertz CT molecular complexity index is 860. The van der Waals surface area contributed by atoms with Gasteiger partial charge in [0.25, 0.3) is 0 Å². The van der Waals surface area contributed by atoms with Gasteiger partial charge in [-0.3, -0.25) is 0 Å². The normalized spacial score (nSPS) is 22.9. The SMILES string of the molecule is c1cc(P(C2CCCCC2)C2CCCCC2)ccc1Oc1ccc(P(C2CCCCC2)C2CCCCC2)cc1. The second-order valence-electron chi connectivity index (χ2n) is 13.1. The van der Waals surface area contributed by atoms with Gasteiger partial charge in [-0.15, -0.1) is 0 Å². The first kappa shape index (κ1) is 28.2. The Labute approximate surface area is 241 Å². The first-order valence-corrected chi connectivity index (χ1v) is 19.8. The van der Waals surface area contributed by atoms with Gasteiger partial charge in [0, 0.05) is 0 Å². The molecule has 212 valence electrons. The molecule has 4 saturated carbocycles. The van der Waals surface area contributed by atoms with Crippen LogP contribution in [0.25, 0.3) is 0 Å². The third-order valence-corrected chi connectivity index (χ3v) is 17.4. The Hall–Kier alpha value is -0.900. The number of hydrogen-bond donors (Lipinski definition) is 0. The van der Waals surface area contributed by atoms with Crippen molar-refractivity contribution in [1.29, 1.82) is 0 Å². The summed E-state index contributed by atoms with van der Waals surface area (Å²) in [4.78, 5) is 0. The minimum atomic E-state index is -0.0421. The molecule has 0 aliphatic heterocycles. The van der Waals surface area contributed by atoms with Crippen molar-refractivity contribution in [2.24, 2.45) is 0 Å². The van der Waals surface area contributed by atoms with E-state index in [0.717, 1.165) is 34.1 Å². The van der Waals surface area contributed by atoms with Crippen LogP contribution in [0.1, 0.15) is 128 Å². The first-order chi connectivity index (χ1) is 19.3. The van der Waals surface area contributed by atoms with Crippen LogP contribution in [-0.2, 0) is 0 Å². The van der Waals surface area contributed by atoms with Crippen LogP contribution >= 0.6 is 15.8 Å². The van der Waals surface area contributed by atoms with E-state index >= 15 is 0 Å². The maximum Gasteiger partial charge on any atom is 0.127 e. The molecule has 0 radical (unpaired) electrons. The minimum absolute atomic E-state index is 0.0421. The van der Waals surface area contributed by atoms with Crippen molar-refractivity contribution in [2.75, 3.05) is 0 Å². The fraction of sp³-hybridized carbons (Fsp3) is 0.667. The third-order valence-electron chi connectivity index (χ3n) is 10.4. The molecule has 4 aliphatic carbocycles. The quantitative estimate of drug-likeness (QED) is 0.291. The van der Waals surface area contributed by atoms with E-state index in [1.54, 1.807) is 10.6 Å². The lowest BCUT2D eigenvalue weighted by Crippen LogP contribution is -2.26. The van der Waals surface area contributed by atoms with Crippen LogP contribution in [-0.4, -0.2) is 22.6 Å². The number of rotatable bonds is 8. The van der Waals surface area contributed by atoms with Crippen LogP contribution < -0.4 is 15.3 Å². The van der Waals surface area contributed by atoms with Crippen LogP contribution in [0.4, 0.5) is 0 Å². The largest absolute Gasteiger partial charge is 0.457 e. The Morgan fingerprint density at radius 2 is 0.615 bits per heavy atom. The summed E-state index contributed by atoms with van der Waals surface area (Å²) in [7, 11) is -0.0843. The lowest BCUT2D eigenvalue weighted by molar-refractivity contribution is 0.482. The molecule has 2 aromatic carbocycles. The van der Waals surface area contributed by atoms with Gasteiger partial charge in [0.1, 0.15) is 11.5 Å². The molecule has 0 amide bonds. The molecule has 4 fully saturated rings. The summed E-state index contributed by atoms with van der Waals surface area (Å²) in [6.07, 6.45) is 29.2. The highest BCUT2D eigenvalue weighted by atomic mass is 31.1.